The minimum absolute atomic E-state index is 0.0184. The van der Waals surface area contributed by atoms with Crippen molar-refractivity contribution in [2.75, 3.05) is 6.61 Å². The van der Waals surface area contributed by atoms with Gasteiger partial charge in [0.2, 0.25) is 0 Å². The predicted octanol–water partition coefficient (Wildman–Crippen LogP) is 6.58. The first kappa shape index (κ1) is 30.8. The van der Waals surface area contributed by atoms with Crippen molar-refractivity contribution in [1.29, 1.82) is 0 Å². The molecule has 0 unspecified atom stereocenters. The van der Waals surface area contributed by atoms with Gasteiger partial charge in [0.15, 0.2) is 4.80 Å². The highest BCUT2D eigenvalue weighted by Gasteiger charge is 2.33. The molecule has 0 amide bonds. The van der Waals surface area contributed by atoms with Crippen LogP contribution in [0.15, 0.2) is 92.3 Å². The molecule has 10 heteroatoms. The zero-order valence-corrected chi connectivity index (χ0v) is 27.3. The topological polar surface area (TPSA) is 79.1 Å². The number of benzene rings is 3. The SMILES string of the molecule is CCOC(=O)C1=C(C)N=c2s/c(=C\c3ccc(OCc4ccc(Cl)cc4)c(Br)c3)c(=O)n2[C@@H]1c1ccc(OC(C)C)cc1. The van der Waals surface area contributed by atoms with Crippen molar-refractivity contribution in [2.45, 2.75) is 46.4 Å². The lowest BCUT2D eigenvalue weighted by molar-refractivity contribution is -0.139. The molecule has 0 spiro atoms. The van der Waals surface area contributed by atoms with Crippen molar-refractivity contribution < 1.29 is 19.0 Å². The Labute approximate surface area is 266 Å². The van der Waals surface area contributed by atoms with Gasteiger partial charge < -0.3 is 14.2 Å². The maximum Gasteiger partial charge on any atom is 0.338 e. The summed E-state index contributed by atoms with van der Waals surface area (Å²) in [6.07, 6.45) is 1.84. The normalized spacial score (nSPS) is 14.9. The number of hydrogen-bond donors (Lipinski definition) is 0. The highest BCUT2D eigenvalue weighted by Crippen LogP contribution is 2.32. The van der Waals surface area contributed by atoms with Crippen LogP contribution in [0.2, 0.25) is 5.02 Å². The first-order chi connectivity index (χ1) is 20.6. The Balaban J connectivity index is 1.51. The van der Waals surface area contributed by atoms with Gasteiger partial charge in [-0.2, -0.15) is 0 Å². The molecule has 5 rings (SSSR count). The summed E-state index contributed by atoms with van der Waals surface area (Å²) in [5.74, 6) is 0.882. The van der Waals surface area contributed by atoms with Crippen molar-refractivity contribution >= 4 is 50.9 Å². The molecule has 0 N–H and O–H groups in total. The molecule has 3 aromatic carbocycles. The third-order valence-corrected chi connectivity index (χ3v) is 8.50. The van der Waals surface area contributed by atoms with E-state index >= 15 is 0 Å². The molecular weight excluding hydrogens is 652 g/mol. The fraction of sp³-hybridized carbons (Fsp3) is 0.242. The molecule has 1 aromatic heterocycles. The minimum atomic E-state index is -0.694. The van der Waals surface area contributed by atoms with E-state index in [0.29, 0.717) is 43.7 Å². The molecule has 0 bridgehead atoms. The van der Waals surface area contributed by atoms with Crippen LogP contribution in [0.4, 0.5) is 0 Å². The first-order valence-electron chi connectivity index (χ1n) is 13.8. The number of allylic oxidation sites excluding steroid dienone is 1. The fourth-order valence-electron chi connectivity index (χ4n) is 4.72. The quantitative estimate of drug-likeness (QED) is 0.187. The number of aromatic nitrogens is 1. The van der Waals surface area contributed by atoms with Crippen LogP contribution in [-0.4, -0.2) is 23.2 Å². The largest absolute Gasteiger partial charge is 0.491 e. The molecule has 0 aliphatic carbocycles. The Morgan fingerprint density at radius 2 is 1.84 bits per heavy atom. The van der Waals surface area contributed by atoms with Gasteiger partial charge in [0.05, 0.1) is 39.0 Å². The summed E-state index contributed by atoms with van der Waals surface area (Å²) in [5, 5.41) is 0.673. The standard InChI is InChI=1S/C33H30BrClN2O5S/c1-5-40-32(39)29-20(4)36-33-37(30(29)23-9-13-25(14-10-23)42-19(2)3)31(38)28(43-33)17-22-8-15-27(26(34)16-22)41-18-21-6-11-24(35)12-7-21/h6-17,19,30H,5,18H2,1-4H3/b28-17-/t30-/m1/s1. The van der Waals surface area contributed by atoms with Gasteiger partial charge in [-0.3, -0.25) is 9.36 Å². The van der Waals surface area contributed by atoms with Gasteiger partial charge in [0.1, 0.15) is 18.1 Å². The zero-order valence-electron chi connectivity index (χ0n) is 24.1. The second kappa shape index (κ2) is 13.3. The number of thiazole rings is 1. The van der Waals surface area contributed by atoms with E-state index in [1.54, 1.807) is 18.4 Å². The summed E-state index contributed by atoms with van der Waals surface area (Å²) in [5.41, 5.74) is 3.17. The number of esters is 1. The Bertz CT molecular complexity index is 1860. The molecule has 43 heavy (non-hydrogen) atoms. The third kappa shape index (κ3) is 6.95. The lowest BCUT2D eigenvalue weighted by atomic mass is 9.96. The fourth-order valence-corrected chi connectivity index (χ4v) is 6.41. The molecule has 222 valence electrons. The van der Waals surface area contributed by atoms with E-state index in [-0.39, 0.29) is 18.3 Å². The van der Waals surface area contributed by atoms with Gasteiger partial charge >= 0.3 is 5.97 Å². The van der Waals surface area contributed by atoms with Crippen molar-refractivity contribution in [3.05, 3.63) is 124 Å². The monoisotopic (exact) mass is 680 g/mol. The maximum atomic E-state index is 13.9. The highest BCUT2D eigenvalue weighted by atomic mass is 79.9. The second-order valence-corrected chi connectivity index (χ2v) is 12.4. The number of carbonyl (C=O) groups is 1. The number of fused-ring (bicyclic) bond motifs is 1. The van der Waals surface area contributed by atoms with Crippen LogP contribution in [0.5, 0.6) is 11.5 Å². The molecule has 0 saturated carbocycles. The molecule has 2 heterocycles. The van der Waals surface area contributed by atoms with E-state index in [9.17, 15) is 9.59 Å². The molecular formula is C33H30BrClN2O5S. The van der Waals surface area contributed by atoms with Crippen LogP contribution in [0, 0.1) is 0 Å². The van der Waals surface area contributed by atoms with Crippen LogP contribution in [-0.2, 0) is 16.1 Å². The van der Waals surface area contributed by atoms with Gasteiger partial charge in [0, 0.05) is 5.02 Å². The van der Waals surface area contributed by atoms with E-state index in [1.807, 2.05) is 86.7 Å². The second-order valence-electron chi connectivity index (χ2n) is 10.1. The Kier molecular flexibility index (Phi) is 9.54. The van der Waals surface area contributed by atoms with Crippen LogP contribution in [0.1, 0.15) is 50.4 Å². The number of ether oxygens (including phenoxy) is 3. The summed E-state index contributed by atoms with van der Waals surface area (Å²) < 4.78 is 20.0. The molecule has 1 atom stereocenters. The lowest BCUT2D eigenvalue weighted by Crippen LogP contribution is -2.39. The van der Waals surface area contributed by atoms with E-state index < -0.39 is 12.0 Å². The predicted molar refractivity (Wildman–Crippen MR) is 173 cm³/mol. The van der Waals surface area contributed by atoms with Gasteiger partial charge in [-0.1, -0.05) is 53.3 Å². The zero-order chi connectivity index (χ0) is 30.7. The molecule has 1 aliphatic heterocycles. The van der Waals surface area contributed by atoms with E-state index in [1.165, 1.54) is 11.3 Å². The number of carbonyl (C=O) groups excluding carboxylic acids is 1. The molecule has 1 aliphatic rings. The highest BCUT2D eigenvalue weighted by molar-refractivity contribution is 9.10. The minimum Gasteiger partial charge on any atom is -0.491 e. The van der Waals surface area contributed by atoms with E-state index in [4.69, 9.17) is 25.8 Å². The number of rotatable bonds is 9. The summed E-state index contributed by atoms with van der Waals surface area (Å²) in [7, 11) is 0. The van der Waals surface area contributed by atoms with E-state index in [2.05, 4.69) is 20.9 Å². The van der Waals surface area contributed by atoms with Crippen molar-refractivity contribution in [1.82, 2.24) is 4.57 Å². The van der Waals surface area contributed by atoms with E-state index in [0.717, 1.165) is 21.2 Å². The molecule has 4 aromatic rings. The van der Waals surface area contributed by atoms with Gasteiger partial charge in [0.25, 0.3) is 5.56 Å². The molecule has 0 saturated heterocycles. The van der Waals surface area contributed by atoms with Crippen LogP contribution < -0.4 is 24.4 Å². The average molecular weight is 682 g/mol. The van der Waals surface area contributed by atoms with Crippen LogP contribution >= 0.6 is 38.9 Å². The maximum absolute atomic E-state index is 13.9. The third-order valence-electron chi connectivity index (χ3n) is 6.65. The molecule has 0 fully saturated rings. The number of halogens is 2. The summed E-state index contributed by atoms with van der Waals surface area (Å²) in [4.78, 5) is 32.2. The van der Waals surface area contributed by atoms with Crippen LogP contribution in [0.25, 0.3) is 6.08 Å². The first-order valence-corrected chi connectivity index (χ1v) is 15.8. The Hall–Kier alpha value is -3.66. The summed E-state index contributed by atoms with van der Waals surface area (Å²) in [6, 6.07) is 19.9. The summed E-state index contributed by atoms with van der Waals surface area (Å²) in [6.45, 7) is 8.03. The molecule has 0 radical (unpaired) electrons. The Morgan fingerprint density at radius 3 is 2.49 bits per heavy atom. The van der Waals surface area contributed by atoms with Crippen molar-refractivity contribution in [3.63, 3.8) is 0 Å². The number of nitrogens with zero attached hydrogens (tertiary/aromatic N) is 2. The average Bonchev–Trinajstić information content (AvgIpc) is 3.27. The van der Waals surface area contributed by atoms with Gasteiger partial charge in [-0.25, -0.2) is 9.79 Å². The van der Waals surface area contributed by atoms with Gasteiger partial charge in [-0.15, -0.1) is 0 Å². The summed E-state index contributed by atoms with van der Waals surface area (Å²) >= 11 is 10.8. The lowest BCUT2D eigenvalue weighted by Gasteiger charge is -2.25. The van der Waals surface area contributed by atoms with Gasteiger partial charge in [-0.05, 0) is 103 Å². The molecule has 7 nitrogen and oxygen atoms in total. The van der Waals surface area contributed by atoms with Crippen molar-refractivity contribution in [3.8, 4) is 11.5 Å². The Morgan fingerprint density at radius 1 is 1.12 bits per heavy atom. The number of hydrogen-bond acceptors (Lipinski definition) is 7. The smallest absolute Gasteiger partial charge is 0.338 e. The van der Waals surface area contributed by atoms with Crippen LogP contribution in [0.3, 0.4) is 0 Å². The van der Waals surface area contributed by atoms with Crippen molar-refractivity contribution in [2.24, 2.45) is 4.99 Å².